The smallest absolute Gasteiger partial charge is 0.281 e. The lowest BCUT2D eigenvalue weighted by Gasteiger charge is -2.35. The molecular weight excluding hydrogens is 278 g/mol. The molecule has 1 fully saturated rings. The highest BCUT2D eigenvalue weighted by atomic mass is 32.2. The molecule has 1 unspecified atom stereocenters. The Labute approximate surface area is 121 Å². The molecule has 0 aromatic heterocycles. The van der Waals surface area contributed by atoms with Crippen LogP contribution in [-0.2, 0) is 10.2 Å². The third-order valence-electron chi connectivity index (χ3n) is 3.38. The van der Waals surface area contributed by atoms with E-state index in [-0.39, 0.29) is 5.92 Å². The molecule has 0 saturated carbocycles. The molecule has 0 bridgehead atoms. The zero-order valence-electron chi connectivity index (χ0n) is 12.0. The van der Waals surface area contributed by atoms with Gasteiger partial charge in [0.25, 0.3) is 10.2 Å². The van der Waals surface area contributed by atoms with Crippen LogP contribution in [0.5, 0.6) is 0 Å². The van der Waals surface area contributed by atoms with Gasteiger partial charge in [-0.3, -0.25) is 4.90 Å². The van der Waals surface area contributed by atoms with Crippen LogP contribution in [0.4, 0.5) is 0 Å². The van der Waals surface area contributed by atoms with Crippen LogP contribution < -0.4 is 0 Å². The quantitative estimate of drug-likeness (QED) is 0.680. The Morgan fingerprint density at radius 2 is 1.80 bits per heavy atom. The molecule has 1 heterocycles. The number of hydrogen-bond acceptors (Lipinski definition) is 5. The summed E-state index contributed by atoms with van der Waals surface area (Å²) in [5, 5.41) is 17.6. The van der Waals surface area contributed by atoms with Gasteiger partial charge in [-0.15, -0.1) is 0 Å². The highest BCUT2D eigenvalue weighted by Crippen LogP contribution is 2.13. The molecule has 0 amide bonds. The van der Waals surface area contributed by atoms with E-state index in [1.54, 1.807) is 0 Å². The summed E-state index contributed by atoms with van der Waals surface area (Å²) >= 11 is 0. The molecule has 1 aliphatic heterocycles. The molecule has 112 valence electrons. The highest BCUT2D eigenvalue weighted by molar-refractivity contribution is 7.86. The van der Waals surface area contributed by atoms with Crippen LogP contribution in [0.15, 0.2) is 0 Å². The lowest BCUT2D eigenvalue weighted by molar-refractivity contribution is 0.169. The van der Waals surface area contributed by atoms with Gasteiger partial charge >= 0.3 is 0 Å². The van der Waals surface area contributed by atoms with Gasteiger partial charge < -0.3 is 0 Å². The zero-order valence-corrected chi connectivity index (χ0v) is 12.8. The monoisotopic (exact) mass is 299 g/mol. The van der Waals surface area contributed by atoms with Gasteiger partial charge in [0.05, 0.1) is 18.1 Å². The lowest BCUT2D eigenvalue weighted by atomic mass is 10.0. The molecule has 0 spiro atoms. The van der Waals surface area contributed by atoms with Crippen molar-refractivity contribution in [1.82, 2.24) is 13.5 Å². The Balaban J connectivity index is 2.47. The van der Waals surface area contributed by atoms with Gasteiger partial charge in [-0.05, 0) is 6.42 Å². The first-order chi connectivity index (χ1) is 9.41. The normalized spacial score (nSPS) is 19.4. The first kappa shape index (κ1) is 16.9. The van der Waals surface area contributed by atoms with Crippen LogP contribution in [0.1, 0.15) is 12.8 Å². The van der Waals surface area contributed by atoms with Crippen molar-refractivity contribution in [3.8, 4) is 12.1 Å². The standard InChI is InChI=1S/C12H21N5O2S/c1-15(2)20(18,19)17-8-6-16(7-9-17)11-12(10-14)4-3-5-13/h12H,3-4,6-9,11H2,1-2H3. The molecular formula is C12H21N5O2S. The van der Waals surface area contributed by atoms with E-state index >= 15 is 0 Å². The number of hydrogen-bond donors (Lipinski definition) is 0. The van der Waals surface area contributed by atoms with Gasteiger partial charge in [0.2, 0.25) is 0 Å². The zero-order chi connectivity index (χ0) is 15.2. The summed E-state index contributed by atoms with van der Waals surface area (Å²) in [6, 6.07) is 4.26. The summed E-state index contributed by atoms with van der Waals surface area (Å²) in [6.45, 7) is 2.73. The molecule has 0 aromatic carbocycles. The van der Waals surface area contributed by atoms with Crippen LogP contribution in [0.3, 0.4) is 0 Å². The van der Waals surface area contributed by atoms with Crippen molar-refractivity contribution in [2.45, 2.75) is 12.8 Å². The lowest BCUT2D eigenvalue weighted by Crippen LogP contribution is -2.52. The predicted molar refractivity (Wildman–Crippen MR) is 74.6 cm³/mol. The van der Waals surface area contributed by atoms with Gasteiger partial charge in [0.1, 0.15) is 0 Å². The fraction of sp³-hybridized carbons (Fsp3) is 0.833. The van der Waals surface area contributed by atoms with Crippen molar-refractivity contribution in [2.75, 3.05) is 46.8 Å². The predicted octanol–water partition coefficient (Wildman–Crippen LogP) is -0.146. The maximum Gasteiger partial charge on any atom is 0.281 e. The molecule has 1 rings (SSSR count). The topological polar surface area (TPSA) is 91.4 Å². The van der Waals surface area contributed by atoms with E-state index in [0.717, 1.165) is 0 Å². The van der Waals surface area contributed by atoms with Crippen molar-refractivity contribution in [3.63, 3.8) is 0 Å². The minimum Gasteiger partial charge on any atom is -0.299 e. The minimum absolute atomic E-state index is 0.161. The van der Waals surface area contributed by atoms with E-state index in [9.17, 15) is 8.42 Å². The van der Waals surface area contributed by atoms with Crippen molar-refractivity contribution < 1.29 is 8.42 Å². The first-order valence-corrected chi connectivity index (χ1v) is 7.98. The van der Waals surface area contributed by atoms with E-state index in [2.05, 4.69) is 11.0 Å². The van der Waals surface area contributed by atoms with E-state index in [1.165, 1.54) is 22.7 Å². The van der Waals surface area contributed by atoms with Crippen molar-refractivity contribution in [1.29, 1.82) is 10.5 Å². The number of nitrogens with zero attached hydrogens (tertiary/aromatic N) is 5. The Morgan fingerprint density at radius 3 is 2.25 bits per heavy atom. The van der Waals surface area contributed by atoms with Crippen LogP contribution in [0, 0.1) is 28.6 Å². The average Bonchev–Trinajstić information content (AvgIpc) is 2.43. The largest absolute Gasteiger partial charge is 0.299 e. The van der Waals surface area contributed by atoms with Gasteiger partial charge in [0.15, 0.2) is 0 Å². The van der Waals surface area contributed by atoms with E-state index < -0.39 is 10.2 Å². The fourth-order valence-corrected chi connectivity index (χ4v) is 3.21. The van der Waals surface area contributed by atoms with Gasteiger partial charge in [0, 0.05) is 53.2 Å². The summed E-state index contributed by atoms with van der Waals surface area (Å²) in [5.41, 5.74) is 0. The van der Waals surface area contributed by atoms with E-state index in [0.29, 0.717) is 45.6 Å². The van der Waals surface area contributed by atoms with Crippen LogP contribution in [-0.4, -0.2) is 68.7 Å². The van der Waals surface area contributed by atoms with Crippen LogP contribution in [0.25, 0.3) is 0 Å². The second-order valence-electron chi connectivity index (χ2n) is 5.01. The Morgan fingerprint density at radius 1 is 1.20 bits per heavy atom. The second-order valence-corrected chi connectivity index (χ2v) is 7.15. The van der Waals surface area contributed by atoms with E-state index in [1.807, 2.05) is 6.07 Å². The number of rotatable bonds is 6. The third-order valence-corrected chi connectivity index (χ3v) is 5.33. The second kappa shape index (κ2) is 7.55. The van der Waals surface area contributed by atoms with Crippen molar-refractivity contribution in [3.05, 3.63) is 0 Å². The average molecular weight is 299 g/mol. The molecule has 0 N–H and O–H groups in total. The molecule has 0 radical (unpaired) electrons. The summed E-state index contributed by atoms with van der Waals surface area (Å²) in [7, 11) is -0.293. The van der Waals surface area contributed by atoms with Gasteiger partial charge in [-0.1, -0.05) is 0 Å². The molecule has 0 aromatic rings. The van der Waals surface area contributed by atoms with E-state index in [4.69, 9.17) is 10.5 Å². The Kier molecular flexibility index (Phi) is 6.37. The first-order valence-electron chi connectivity index (χ1n) is 6.58. The van der Waals surface area contributed by atoms with Crippen LogP contribution >= 0.6 is 0 Å². The fourth-order valence-electron chi connectivity index (χ4n) is 2.12. The molecule has 8 heteroatoms. The summed E-state index contributed by atoms with van der Waals surface area (Å²) in [4.78, 5) is 2.09. The van der Waals surface area contributed by atoms with Gasteiger partial charge in [-0.25, -0.2) is 0 Å². The SMILES string of the molecule is CN(C)S(=O)(=O)N1CCN(CC(C#N)CCC#N)CC1. The van der Waals surface area contributed by atoms with Crippen LogP contribution in [0.2, 0.25) is 0 Å². The van der Waals surface area contributed by atoms with Crippen molar-refractivity contribution >= 4 is 10.2 Å². The molecule has 1 atom stereocenters. The summed E-state index contributed by atoms with van der Waals surface area (Å²) in [6.07, 6.45) is 0.955. The maximum absolute atomic E-state index is 12.0. The van der Waals surface area contributed by atoms with Gasteiger partial charge in [-0.2, -0.15) is 27.6 Å². The number of nitriles is 2. The summed E-state index contributed by atoms with van der Waals surface area (Å²) in [5.74, 6) is -0.161. The molecule has 0 aliphatic carbocycles. The number of piperazine rings is 1. The highest BCUT2D eigenvalue weighted by Gasteiger charge is 2.29. The van der Waals surface area contributed by atoms with Crippen molar-refractivity contribution in [2.24, 2.45) is 5.92 Å². The maximum atomic E-state index is 12.0. The molecule has 1 aliphatic rings. The Bertz CT molecular complexity index is 483. The molecule has 1 saturated heterocycles. The third kappa shape index (κ3) is 4.43. The Hall–Kier alpha value is -1.19. The molecule has 20 heavy (non-hydrogen) atoms. The summed E-state index contributed by atoms with van der Waals surface area (Å²) < 4.78 is 26.6. The molecule has 7 nitrogen and oxygen atoms in total. The minimum atomic E-state index is -3.34.